The van der Waals surface area contributed by atoms with Crippen molar-refractivity contribution in [3.05, 3.63) is 34.1 Å². The van der Waals surface area contributed by atoms with Crippen LogP contribution in [0.1, 0.15) is 30.4 Å². The molecule has 0 aliphatic heterocycles. The zero-order valence-electron chi connectivity index (χ0n) is 10.4. The standard InChI is InChI=1S/C13H18ClFN2O/c1-8-5-9(6-11(14)13(8)15)3-2-4-10(16)7-12(17)18/h5-6,10H,2-4,7,16H2,1H3,(H2,17,18). The maximum atomic E-state index is 13.3. The highest BCUT2D eigenvalue weighted by molar-refractivity contribution is 6.30. The summed E-state index contributed by atoms with van der Waals surface area (Å²) in [5.41, 5.74) is 12.3. The Morgan fingerprint density at radius 3 is 2.72 bits per heavy atom. The van der Waals surface area contributed by atoms with Gasteiger partial charge in [-0.1, -0.05) is 17.7 Å². The maximum Gasteiger partial charge on any atom is 0.218 e. The molecule has 0 aliphatic rings. The molecule has 0 saturated heterocycles. The molecule has 0 heterocycles. The lowest BCUT2D eigenvalue weighted by atomic mass is 10.0. The second-order valence-electron chi connectivity index (χ2n) is 4.53. The number of hydrogen-bond donors (Lipinski definition) is 2. The molecule has 5 heteroatoms. The number of primary amides is 1. The largest absolute Gasteiger partial charge is 0.370 e. The summed E-state index contributed by atoms with van der Waals surface area (Å²) in [7, 11) is 0. The van der Waals surface area contributed by atoms with Gasteiger partial charge in [-0.2, -0.15) is 0 Å². The Bertz CT molecular complexity index is 414. The molecule has 100 valence electrons. The first-order valence-corrected chi connectivity index (χ1v) is 6.26. The van der Waals surface area contributed by atoms with Gasteiger partial charge in [-0.25, -0.2) is 4.39 Å². The third-order valence-electron chi connectivity index (χ3n) is 2.77. The van der Waals surface area contributed by atoms with Gasteiger partial charge in [0.15, 0.2) is 0 Å². The van der Waals surface area contributed by atoms with Crippen LogP contribution in [0.15, 0.2) is 12.1 Å². The Labute approximate surface area is 111 Å². The van der Waals surface area contributed by atoms with Crippen LogP contribution >= 0.6 is 11.6 Å². The van der Waals surface area contributed by atoms with Crippen LogP contribution in [-0.4, -0.2) is 11.9 Å². The average Bonchev–Trinajstić information content (AvgIpc) is 2.24. The van der Waals surface area contributed by atoms with Gasteiger partial charge in [0.2, 0.25) is 5.91 Å². The van der Waals surface area contributed by atoms with Crippen LogP contribution in [0.4, 0.5) is 4.39 Å². The van der Waals surface area contributed by atoms with Gasteiger partial charge < -0.3 is 11.5 Å². The van der Waals surface area contributed by atoms with Gasteiger partial charge in [0.05, 0.1) is 5.02 Å². The summed E-state index contributed by atoms with van der Waals surface area (Å²) in [5, 5.41) is 0.145. The van der Waals surface area contributed by atoms with E-state index >= 15 is 0 Å². The van der Waals surface area contributed by atoms with Gasteiger partial charge in [0.25, 0.3) is 0 Å². The summed E-state index contributed by atoms with van der Waals surface area (Å²) in [6.45, 7) is 1.68. The molecule has 0 fully saturated rings. The van der Waals surface area contributed by atoms with E-state index in [9.17, 15) is 9.18 Å². The molecule has 0 saturated carbocycles. The Hall–Kier alpha value is -1.13. The molecule has 3 nitrogen and oxygen atoms in total. The van der Waals surface area contributed by atoms with Crippen molar-refractivity contribution >= 4 is 17.5 Å². The lowest BCUT2D eigenvalue weighted by molar-refractivity contribution is -0.118. The van der Waals surface area contributed by atoms with E-state index in [1.165, 1.54) is 0 Å². The number of aryl methyl sites for hydroxylation is 2. The Balaban J connectivity index is 2.47. The fraction of sp³-hybridized carbons (Fsp3) is 0.462. The molecule has 1 aromatic rings. The van der Waals surface area contributed by atoms with Crippen LogP contribution in [0.5, 0.6) is 0 Å². The third kappa shape index (κ3) is 4.63. The fourth-order valence-electron chi connectivity index (χ4n) is 1.87. The van der Waals surface area contributed by atoms with E-state index in [0.29, 0.717) is 12.0 Å². The predicted octanol–water partition coefficient (Wildman–Crippen LogP) is 2.31. The SMILES string of the molecule is Cc1cc(CCCC(N)CC(N)=O)cc(Cl)c1F. The van der Waals surface area contributed by atoms with E-state index in [0.717, 1.165) is 18.4 Å². The molecular formula is C13H18ClFN2O. The minimum absolute atomic E-state index is 0.145. The molecule has 1 amide bonds. The second kappa shape index (κ2) is 6.71. The highest BCUT2D eigenvalue weighted by atomic mass is 35.5. The monoisotopic (exact) mass is 272 g/mol. The summed E-state index contributed by atoms with van der Waals surface area (Å²) in [4.78, 5) is 10.7. The highest BCUT2D eigenvalue weighted by Crippen LogP contribution is 2.21. The van der Waals surface area contributed by atoms with E-state index < -0.39 is 0 Å². The van der Waals surface area contributed by atoms with Gasteiger partial charge in [0, 0.05) is 12.5 Å². The smallest absolute Gasteiger partial charge is 0.218 e. The van der Waals surface area contributed by atoms with Crippen LogP contribution in [0.25, 0.3) is 0 Å². The first-order valence-electron chi connectivity index (χ1n) is 5.88. The molecule has 1 rings (SSSR count). The average molecular weight is 273 g/mol. The topological polar surface area (TPSA) is 69.1 Å². The lowest BCUT2D eigenvalue weighted by Crippen LogP contribution is -2.27. The van der Waals surface area contributed by atoms with E-state index in [1.807, 2.05) is 0 Å². The molecule has 0 bridgehead atoms. The predicted molar refractivity (Wildman–Crippen MR) is 70.9 cm³/mol. The minimum atomic E-state index is -0.386. The number of nitrogens with two attached hydrogens (primary N) is 2. The van der Waals surface area contributed by atoms with Crippen molar-refractivity contribution in [2.75, 3.05) is 0 Å². The van der Waals surface area contributed by atoms with Crippen molar-refractivity contribution in [3.8, 4) is 0 Å². The third-order valence-corrected chi connectivity index (χ3v) is 3.05. The second-order valence-corrected chi connectivity index (χ2v) is 4.94. The normalized spacial score (nSPS) is 12.4. The number of rotatable bonds is 6. The van der Waals surface area contributed by atoms with Crippen molar-refractivity contribution in [2.24, 2.45) is 11.5 Å². The van der Waals surface area contributed by atoms with Gasteiger partial charge in [0.1, 0.15) is 5.82 Å². The van der Waals surface area contributed by atoms with Gasteiger partial charge in [-0.15, -0.1) is 0 Å². The quantitative estimate of drug-likeness (QED) is 0.834. The van der Waals surface area contributed by atoms with Crippen molar-refractivity contribution in [1.29, 1.82) is 0 Å². The Kier molecular flexibility index (Phi) is 5.56. The minimum Gasteiger partial charge on any atom is -0.370 e. The summed E-state index contributed by atoms with van der Waals surface area (Å²) < 4.78 is 13.3. The van der Waals surface area contributed by atoms with Crippen LogP contribution in [-0.2, 0) is 11.2 Å². The van der Waals surface area contributed by atoms with Gasteiger partial charge in [-0.3, -0.25) is 4.79 Å². The van der Waals surface area contributed by atoms with Crippen LogP contribution in [0.2, 0.25) is 5.02 Å². The molecule has 0 spiro atoms. The van der Waals surface area contributed by atoms with Crippen molar-refractivity contribution in [2.45, 2.75) is 38.6 Å². The zero-order valence-corrected chi connectivity index (χ0v) is 11.1. The molecule has 1 aromatic carbocycles. The number of amides is 1. The summed E-state index contributed by atoms with van der Waals surface area (Å²) in [6.07, 6.45) is 2.48. The molecule has 18 heavy (non-hydrogen) atoms. The first kappa shape index (κ1) is 14.9. The van der Waals surface area contributed by atoms with Crippen molar-refractivity contribution in [1.82, 2.24) is 0 Å². The lowest BCUT2D eigenvalue weighted by Gasteiger charge is -2.10. The molecule has 0 aliphatic carbocycles. The number of carbonyl (C=O) groups is 1. The molecule has 1 unspecified atom stereocenters. The van der Waals surface area contributed by atoms with E-state index in [-0.39, 0.29) is 29.2 Å². The zero-order chi connectivity index (χ0) is 13.7. The molecule has 0 radical (unpaired) electrons. The summed E-state index contributed by atoms with van der Waals surface area (Å²) >= 11 is 5.77. The molecule has 4 N–H and O–H groups in total. The summed E-state index contributed by atoms with van der Waals surface area (Å²) in [6, 6.07) is 3.20. The Morgan fingerprint density at radius 1 is 1.50 bits per heavy atom. The highest BCUT2D eigenvalue weighted by Gasteiger charge is 2.08. The van der Waals surface area contributed by atoms with Crippen LogP contribution in [0.3, 0.4) is 0 Å². The van der Waals surface area contributed by atoms with Gasteiger partial charge in [-0.05, 0) is 43.4 Å². The van der Waals surface area contributed by atoms with Crippen LogP contribution in [0, 0.1) is 12.7 Å². The fourth-order valence-corrected chi connectivity index (χ4v) is 2.16. The number of benzene rings is 1. The van der Waals surface area contributed by atoms with E-state index in [2.05, 4.69) is 0 Å². The number of hydrogen-bond acceptors (Lipinski definition) is 2. The van der Waals surface area contributed by atoms with Crippen molar-refractivity contribution in [3.63, 3.8) is 0 Å². The molecular weight excluding hydrogens is 255 g/mol. The van der Waals surface area contributed by atoms with Gasteiger partial charge >= 0.3 is 0 Å². The first-order chi connectivity index (χ1) is 8.40. The Morgan fingerprint density at radius 2 is 2.17 bits per heavy atom. The van der Waals surface area contributed by atoms with Crippen molar-refractivity contribution < 1.29 is 9.18 Å². The van der Waals surface area contributed by atoms with Crippen LogP contribution < -0.4 is 11.5 Å². The molecule has 1 atom stereocenters. The number of carbonyl (C=O) groups excluding carboxylic acids is 1. The van der Waals surface area contributed by atoms with E-state index in [1.54, 1.807) is 19.1 Å². The maximum absolute atomic E-state index is 13.3. The number of halogens is 2. The van der Waals surface area contributed by atoms with E-state index in [4.69, 9.17) is 23.1 Å². The summed E-state index contributed by atoms with van der Waals surface area (Å²) in [5.74, 6) is -0.756. The molecule has 0 aromatic heterocycles.